The van der Waals surface area contributed by atoms with Crippen molar-refractivity contribution in [2.45, 2.75) is 0 Å². The van der Waals surface area contributed by atoms with E-state index in [0.29, 0.717) is 11.0 Å². The van der Waals surface area contributed by atoms with Crippen LogP contribution >= 0.6 is 11.6 Å². The first-order chi connectivity index (χ1) is 12.5. The van der Waals surface area contributed by atoms with Gasteiger partial charge in [0.25, 0.3) is 0 Å². The number of amides is 2. The fourth-order valence-electron chi connectivity index (χ4n) is 2.25. The van der Waals surface area contributed by atoms with E-state index in [2.05, 4.69) is 20.6 Å². The molecule has 2 aromatic heterocycles. The van der Waals surface area contributed by atoms with Gasteiger partial charge in [0, 0.05) is 36.8 Å². The summed E-state index contributed by atoms with van der Waals surface area (Å²) in [5.41, 5.74) is 0.249. The van der Waals surface area contributed by atoms with E-state index in [4.69, 9.17) is 16.3 Å². The number of hydrogen-bond acceptors (Lipinski definition) is 3. The summed E-state index contributed by atoms with van der Waals surface area (Å²) in [4.78, 5) is 18.3. The number of carbonyl (C=O) groups is 1. The number of nitrogens with zero attached hydrogens (tertiary/aromatic N) is 1. The number of pyridine rings is 1. The number of fused-ring (bicyclic) bond motifs is 1. The second-order valence-corrected chi connectivity index (χ2v) is 5.52. The Balaban J connectivity index is 1.87. The molecular weight excluding hydrogens is 373 g/mol. The van der Waals surface area contributed by atoms with Gasteiger partial charge in [0.05, 0.1) is 10.4 Å². The molecule has 3 rings (SSSR count). The number of urea groups is 1. The molecule has 6 nitrogen and oxygen atoms in total. The predicted molar refractivity (Wildman–Crippen MR) is 90.5 cm³/mol. The molecule has 136 valence electrons. The molecule has 3 N–H and O–H groups in total. The van der Waals surface area contributed by atoms with Crippen LogP contribution in [0.25, 0.3) is 11.0 Å². The molecular formula is C16H12ClF3N4O2. The molecule has 0 radical (unpaired) electrons. The second-order valence-electron chi connectivity index (χ2n) is 5.11. The number of carbonyl (C=O) groups excluding carboxylic acids is 1. The number of anilines is 1. The minimum absolute atomic E-state index is 0.112. The Morgan fingerprint density at radius 3 is 2.73 bits per heavy atom. The van der Waals surface area contributed by atoms with Crippen LogP contribution in [0.5, 0.6) is 11.5 Å². The van der Waals surface area contributed by atoms with E-state index in [1.807, 2.05) is 0 Å². The highest BCUT2D eigenvalue weighted by Gasteiger charge is 2.17. The fraction of sp³-hybridized carbons (Fsp3) is 0.125. The lowest BCUT2D eigenvalue weighted by Crippen LogP contribution is -2.30. The van der Waals surface area contributed by atoms with Gasteiger partial charge in [0.15, 0.2) is 17.4 Å². The summed E-state index contributed by atoms with van der Waals surface area (Å²) in [6.45, 7) is -0.974. The van der Waals surface area contributed by atoms with Crippen LogP contribution in [0.2, 0.25) is 5.02 Å². The minimum atomic E-state index is -1.04. The molecule has 0 atom stereocenters. The first kappa shape index (κ1) is 17.9. The van der Waals surface area contributed by atoms with Crippen molar-refractivity contribution in [2.24, 2.45) is 0 Å². The van der Waals surface area contributed by atoms with Crippen molar-refractivity contribution in [3.8, 4) is 11.5 Å². The summed E-state index contributed by atoms with van der Waals surface area (Å²) < 4.78 is 45.9. The van der Waals surface area contributed by atoms with Crippen molar-refractivity contribution >= 4 is 34.4 Å². The Kier molecular flexibility index (Phi) is 5.17. The number of nitrogens with one attached hydrogen (secondary N) is 3. The smallest absolute Gasteiger partial charge is 0.319 e. The maximum Gasteiger partial charge on any atom is 0.319 e. The summed E-state index contributed by atoms with van der Waals surface area (Å²) >= 11 is 6.03. The van der Waals surface area contributed by atoms with Crippen LogP contribution in [0.15, 0.2) is 30.6 Å². The minimum Gasteiger partial charge on any atom is -0.450 e. The van der Waals surface area contributed by atoms with Gasteiger partial charge in [0.1, 0.15) is 18.1 Å². The largest absolute Gasteiger partial charge is 0.450 e. The lowest BCUT2D eigenvalue weighted by atomic mass is 10.2. The van der Waals surface area contributed by atoms with Crippen LogP contribution in [0, 0.1) is 11.6 Å². The summed E-state index contributed by atoms with van der Waals surface area (Å²) in [5.74, 6) is -2.63. The number of alkyl halides is 1. The quantitative estimate of drug-likeness (QED) is 0.611. The standard InChI is InChI=1S/C16H12ClF3N4O2/c17-9-7-23-15-13(9)12(1-3-21-15)26-14-10(19)5-8(6-11(14)20)24-16(25)22-4-2-18/h1,3,5-7H,2,4H2,(H,21,23)(H2,22,24,25). The van der Waals surface area contributed by atoms with Crippen LogP contribution < -0.4 is 15.4 Å². The lowest BCUT2D eigenvalue weighted by Gasteiger charge is -2.12. The van der Waals surface area contributed by atoms with Crippen molar-refractivity contribution in [3.63, 3.8) is 0 Å². The molecule has 0 fully saturated rings. The van der Waals surface area contributed by atoms with Gasteiger partial charge in [-0.25, -0.2) is 22.9 Å². The Hall–Kier alpha value is -2.94. The van der Waals surface area contributed by atoms with Gasteiger partial charge in [-0.05, 0) is 6.07 Å². The topological polar surface area (TPSA) is 79.0 Å². The van der Waals surface area contributed by atoms with Gasteiger partial charge in [-0.3, -0.25) is 0 Å². The van der Waals surface area contributed by atoms with E-state index in [9.17, 15) is 18.0 Å². The predicted octanol–water partition coefficient (Wildman–Crippen LogP) is 4.38. The number of hydrogen-bond donors (Lipinski definition) is 3. The molecule has 0 spiro atoms. The van der Waals surface area contributed by atoms with E-state index in [0.717, 1.165) is 12.1 Å². The highest BCUT2D eigenvalue weighted by Crippen LogP contribution is 2.36. The van der Waals surface area contributed by atoms with Crippen molar-refractivity contribution < 1.29 is 22.7 Å². The van der Waals surface area contributed by atoms with Crippen molar-refractivity contribution in [1.29, 1.82) is 0 Å². The molecule has 0 aliphatic rings. The molecule has 0 aliphatic heterocycles. The lowest BCUT2D eigenvalue weighted by molar-refractivity contribution is 0.251. The molecule has 2 heterocycles. The summed E-state index contributed by atoms with van der Waals surface area (Å²) in [5, 5.41) is 5.03. The fourth-order valence-corrected chi connectivity index (χ4v) is 2.49. The summed E-state index contributed by atoms with van der Waals surface area (Å²) in [7, 11) is 0. The third-order valence-corrected chi connectivity index (χ3v) is 3.63. The zero-order valence-electron chi connectivity index (χ0n) is 13.1. The molecule has 0 bridgehead atoms. The highest BCUT2D eigenvalue weighted by molar-refractivity contribution is 6.36. The number of aromatic amines is 1. The molecule has 3 aromatic rings. The molecule has 0 saturated heterocycles. The maximum absolute atomic E-state index is 14.3. The van der Waals surface area contributed by atoms with E-state index >= 15 is 0 Å². The van der Waals surface area contributed by atoms with E-state index < -0.39 is 30.1 Å². The molecule has 1 aromatic carbocycles. The van der Waals surface area contributed by atoms with Gasteiger partial charge >= 0.3 is 6.03 Å². The van der Waals surface area contributed by atoms with Crippen LogP contribution in [-0.4, -0.2) is 29.2 Å². The van der Waals surface area contributed by atoms with Crippen LogP contribution in [0.4, 0.5) is 23.7 Å². The molecule has 10 heteroatoms. The second kappa shape index (κ2) is 7.52. The van der Waals surface area contributed by atoms with Gasteiger partial charge in [-0.1, -0.05) is 11.6 Å². The third kappa shape index (κ3) is 3.67. The molecule has 0 unspecified atom stereocenters. The van der Waals surface area contributed by atoms with Crippen molar-refractivity contribution in [3.05, 3.63) is 47.2 Å². The Morgan fingerprint density at radius 1 is 1.31 bits per heavy atom. The van der Waals surface area contributed by atoms with Crippen molar-refractivity contribution in [2.75, 3.05) is 18.5 Å². The normalized spacial score (nSPS) is 10.8. The number of ether oxygens (including phenoxy) is 1. The maximum atomic E-state index is 14.3. The average molecular weight is 385 g/mol. The first-order valence-electron chi connectivity index (χ1n) is 7.39. The zero-order chi connectivity index (χ0) is 18.7. The van der Waals surface area contributed by atoms with Crippen molar-refractivity contribution in [1.82, 2.24) is 15.3 Å². The highest BCUT2D eigenvalue weighted by atomic mass is 35.5. The van der Waals surface area contributed by atoms with E-state index in [1.54, 1.807) is 0 Å². The SMILES string of the molecule is O=C(NCCF)Nc1cc(F)c(Oc2ccnc3[nH]cc(Cl)c23)c(F)c1. The van der Waals surface area contributed by atoms with Crippen LogP contribution in [0.3, 0.4) is 0 Å². The Bertz CT molecular complexity index is 941. The number of benzene rings is 1. The Morgan fingerprint density at radius 2 is 2.04 bits per heavy atom. The van der Waals surface area contributed by atoms with E-state index in [1.165, 1.54) is 18.5 Å². The molecule has 0 saturated carbocycles. The monoisotopic (exact) mass is 384 g/mol. The molecule has 2 amide bonds. The third-order valence-electron chi connectivity index (χ3n) is 3.34. The molecule has 0 aliphatic carbocycles. The van der Waals surface area contributed by atoms with Crippen LogP contribution in [0.1, 0.15) is 0 Å². The summed E-state index contributed by atoms with van der Waals surface area (Å²) in [6.07, 6.45) is 2.87. The van der Waals surface area contributed by atoms with Gasteiger partial charge in [-0.15, -0.1) is 0 Å². The number of halogens is 4. The average Bonchev–Trinajstić information content (AvgIpc) is 2.98. The number of H-pyrrole nitrogens is 1. The zero-order valence-corrected chi connectivity index (χ0v) is 13.8. The van der Waals surface area contributed by atoms with E-state index in [-0.39, 0.29) is 23.0 Å². The number of rotatable bonds is 5. The molecule has 26 heavy (non-hydrogen) atoms. The Labute approximate surface area is 150 Å². The van der Waals surface area contributed by atoms with Crippen LogP contribution in [-0.2, 0) is 0 Å². The van der Waals surface area contributed by atoms with Gasteiger partial charge in [-0.2, -0.15) is 0 Å². The summed E-state index contributed by atoms with van der Waals surface area (Å²) in [6, 6.07) is 2.39. The first-order valence-corrected chi connectivity index (χ1v) is 7.76. The van der Waals surface area contributed by atoms with Gasteiger partial charge < -0.3 is 20.4 Å². The number of aromatic nitrogens is 2. The van der Waals surface area contributed by atoms with Gasteiger partial charge in [0.2, 0.25) is 0 Å².